The van der Waals surface area contributed by atoms with Gasteiger partial charge in [-0.2, -0.15) is 0 Å². The normalized spacial score (nSPS) is 19.0. The highest BCUT2D eigenvalue weighted by atomic mass is 16.3. The molecule has 0 bridgehead atoms. The molecule has 0 amide bonds. The van der Waals surface area contributed by atoms with Crippen LogP contribution in [0.3, 0.4) is 0 Å². The molecule has 0 atom stereocenters. The van der Waals surface area contributed by atoms with E-state index in [9.17, 15) is 5.11 Å². The second-order valence-corrected chi connectivity index (χ2v) is 7.75. The number of hydrogen-bond donors (Lipinski definition) is 1. The summed E-state index contributed by atoms with van der Waals surface area (Å²) in [5.74, 6) is 2.13. The van der Waals surface area contributed by atoms with E-state index < -0.39 is 0 Å². The Labute approximate surface area is 156 Å². The van der Waals surface area contributed by atoms with Gasteiger partial charge in [-0.15, -0.1) is 0 Å². The Kier molecular flexibility index (Phi) is 5.00. The van der Waals surface area contributed by atoms with Gasteiger partial charge in [-0.25, -0.2) is 4.98 Å². The third-order valence-electron chi connectivity index (χ3n) is 5.82. The van der Waals surface area contributed by atoms with Crippen molar-refractivity contribution >= 4 is 11.5 Å². The molecule has 2 aromatic rings. The fourth-order valence-electron chi connectivity index (χ4n) is 4.30. The Morgan fingerprint density at radius 2 is 1.54 bits per heavy atom. The van der Waals surface area contributed by atoms with Crippen LogP contribution in [0.5, 0.6) is 5.75 Å². The van der Waals surface area contributed by atoms with Crippen molar-refractivity contribution in [3.05, 3.63) is 47.7 Å². The van der Waals surface area contributed by atoms with Crippen LogP contribution in [0.4, 0.5) is 11.5 Å². The molecule has 4 rings (SSSR count). The van der Waals surface area contributed by atoms with Crippen molar-refractivity contribution in [2.75, 3.05) is 36.0 Å². The zero-order valence-electron chi connectivity index (χ0n) is 15.7. The molecule has 2 fully saturated rings. The number of aryl methyl sites for hydroxylation is 1. The first-order valence-corrected chi connectivity index (χ1v) is 9.96. The summed E-state index contributed by atoms with van der Waals surface area (Å²) in [5.41, 5.74) is 3.82. The van der Waals surface area contributed by atoms with Gasteiger partial charge in [-0.3, -0.25) is 0 Å². The Balaban J connectivity index is 1.45. The lowest BCUT2D eigenvalue weighted by Crippen LogP contribution is -2.46. The Hall–Kier alpha value is -2.23. The minimum absolute atomic E-state index is 0.326. The zero-order chi connectivity index (χ0) is 17.9. The lowest BCUT2D eigenvalue weighted by atomic mass is 9.86. The number of pyridine rings is 1. The second kappa shape index (κ2) is 7.56. The van der Waals surface area contributed by atoms with Crippen LogP contribution in [0.25, 0.3) is 0 Å². The molecule has 4 nitrogen and oxygen atoms in total. The molecule has 0 unspecified atom stereocenters. The fraction of sp³-hybridized carbons (Fsp3) is 0.500. The predicted molar refractivity (Wildman–Crippen MR) is 107 cm³/mol. The molecule has 1 saturated carbocycles. The van der Waals surface area contributed by atoms with Crippen molar-refractivity contribution in [3.63, 3.8) is 0 Å². The highest BCUT2D eigenvalue weighted by Gasteiger charge is 2.21. The predicted octanol–water partition coefficient (Wildman–Crippen LogP) is 4.47. The smallest absolute Gasteiger partial charge is 0.129 e. The minimum atomic E-state index is 0.326. The summed E-state index contributed by atoms with van der Waals surface area (Å²) in [6.45, 7) is 6.14. The maximum absolute atomic E-state index is 9.47. The van der Waals surface area contributed by atoms with Crippen molar-refractivity contribution in [1.82, 2.24) is 4.98 Å². The van der Waals surface area contributed by atoms with E-state index >= 15 is 0 Å². The van der Waals surface area contributed by atoms with E-state index in [1.807, 2.05) is 12.1 Å². The molecule has 1 N–H and O–H groups in total. The molecular formula is C22H29N3O. The van der Waals surface area contributed by atoms with E-state index in [4.69, 9.17) is 4.98 Å². The molecule has 1 aromatic heterocycles. The summed E-state index contributed by atoms with van der Waals surface area (Å²) in [6, 6.07) is 12.1. The van der Waals surface area contributed by atoms with E-state index in [2.05, 4.69) is 28.9 Å². The van der Waals surface area contributed by atoms with Gasteiger partial charge >= 0.3 is 0 Å². The van der Waals surface area contributed by atoms with Crippen molar-refractivity contribution in [2.24, 2.45) is 0 Å². The van der Waals surface area contributed by atoms with Gasteiger partial charge in [0, 0.05) is 43.5 Å². The molecule has 4 heteroatoms. The van der Waals surface area contributed by atoms with Gasteiger partial charge in [-0.05, 0) is 61.7 Å². The number of piperazine rings is 1. The maximum atomic E-state index is 9.47. The van der Waals surface area contributed by atoms with Crippen LogP contribution in [0.1, 0.15) is 49.3 Å². The third-order valence-corrected chi connectivity index (χ3v) is 5.82. The second-order valence-electron chi connectivity index (χ2n) is 7.75. The van der Waals surface area contributed by atoms with E-state index in [0.29, 0.717) is 11.7 Å². The minimum Gasteiger partial charge on any atom is -0.508 e. The molecule has 1 aliphatic carbocycles. The van der Waals surface area contributed by atoms with E-state index in [-0.39, 0.29) is 0 Å². The lowest BCUT2D eigenvalue weighted by molar-refractivity contribution is 0.436. The number of rotatable bonds is 3. The molecule has 1 aliphatic heterocycles. The standard InChI is InChI=1S/C22H29N3O/c1-17-15-21(18-5-3-2-4-6-18)23-22(16-17)25-13-11-24(12-14-25)19-7-9-20(26)10-8-19/h7-10,15-16,18,26H,2-6,11-14H2,1H3. The highest BCUT2D eigenvalue weighted by molar-refractivity contribution is 5.51. The van der Waals surface area contributed by atoms with Gasteiger partial charge in [0.2, 0.25) is 0 Å². The van der Waals surface area contributed by atoms with Crippen molar-refractivity contribution in [2.45, 2.75) is 44.9 Å². The molecule has 26 heavy (non-hydrogen) atoms. The third kappa shape index (κ3) is 3.79. The molecule has 1 aromatic carbocycles. The van der Waals surface area contributed by atoms with E-state index in [1.54, 1.807) is 12.1 Å². The van der Waals surface area contributed by atoms with Gasteiger partial charge in [0.05, 0.1) is 0 Å². The monoisotopic (exact) mass is 351 g/mol. The summed E-state index contributed by atoms with van der Waals surface area (Å²) in [7, 11) is 0. The number of hydrogen-bond acceptors (Lipinski definition) is 4. The number of aromatic nitrogens is 1. The SMILES string of the molecule is Cc1cc(C2CCCCC2)nc(N2CCN(c3ccc(O)cc3)CC2)c1. The van der Waals surface area contributed by atoms with Crippen molar-refractivity contribution in [1.29, 1.82) is 0 Å². The van der Waals surface area contributed by atoms with Crippen LogP contribution in [0.2, 0.25) is 0 Å². The molecule has 0 spiro atoms. The summed E-state index contributed by atoms with van der Waals surface area (Å²) in [5, 5.41) is 9.47. The molecule has 2 heterocycles. The average Bonchev–Trinajstić information content (AvgIpc) is 2.69. The van der Waals surface area contributed by atoms with Gasteiger partial charge < -0.3 is 14.9 Å². The number of aromatic hydroxyl groups is 1. The average molecular weight is 351 g/mol. The zero-order valence-corrected chi connectivity index (χ0v) is 15.7. The van der Waals surface area contributed by atoms with Crippen LogP contribution in [0.15, 0.2) is 36.4 Å². The molecule has 1 saturated heterocycles. The number of phenolic OH excluding ortho intramolecular Hbond substituents is 1. The summed E-state index contributed by atoms with van der Waals surface area (Å²) in [4.78, 5) is 9.87. The Bertz CT molecular complexity index is 730. The topological polar surface area (TPSA) is 39.6 Å². The first kappa shape index (κ1) is 17.2. The number of anilines is 2. The number of phenols is 1. The maximum Gasteiger partial charge on any atom is 0.129 e. The first-order valence-electron chi connectivity index (χ1n) is 9.96. The van der Waals surface area contributed by atoms with Crippen LogP contribution in [0, 0.1) is 6.92 Å². The van der Waals surface area contributed by atoms with Crippen LogP contribution in [-0.4, -0.2) is 36.3 Å². The first-order chi connectivity index (χ1) is 12.7. The quantitative estimate of drug-likeness (QED) is 0.886. The van der Waals surface area contributed by atoms with Crippen molar-refractivity contribution < 1.29 is 5.11 Å². The highest BCUT2D eigenvalue weighted by Crippen LogP contribution is 2.33. The lowest BCUT2D eigenvalue weighted by Gasteiger charge is -2.37. The van der Waals surface area contributed by atoms with Gasteiger partial charge in [0.25, 0.3) is 0 Å². The molecule has 2 aliphatic rings. The molecule has 138 valence electrons. The van der Waals surface area contributed by atoms with Gasteiger partial charge in [-0.1, -0.05) is 19.3 Å². The fourth-order valence-corrected chi connectivity index (χ4v) is 4.30. The van der Waals surface area contributed by atoms with Gasteiger partial charge in [0.1, 0.15) is 11.6 Å². The van der Waals surface area contributed by atoms with Gasteiger partial charge in [0.15, 0.2) is 0 Å². The van der Waals surface area contributed by atoms with E-state index in [1.165, 1.54) is 49.0 Å². The molecular weight excluding hydrogens is 322 g/mol. The summed E-state index contributed by atoms with van der Waals surface area (Å²) >= 11 is 0. The number of nitrogens with zero attached hydrogens (tertiary/aromatic N) is 3. The molecule has 0 radical (unpaired) electrons. The van der Waals surface area contributed by atoms with E-state index in [0.717, 1.165) is 32.0 Å². The summed E-state index contributed by atoms with van der Waals surface area (Å²) < 4.78 is 0. The largest absolute Gasteiger partial charge is 0.508 e. The Morgan fingerprint density at radius 3 is 2.23 bits per heavy atom. The van der Waals surface area contributed by atoms with Crippen molar-refractivity contribution in [3.8, 4) is 5.75 Å². The number of benzene rings is 1. The van der Waals surface area contributed by atoms with Crippen LogP contribution >= 0.6 is 0 Å². The Morgan fingerprint density at radius 1 is 0.885 bits per heavy atom. The summed E-state index contributed by atoms with van der Waals surface area (Å²) in [6.07, 6.45) is 6.67. The van der Waals surface area contributed by atoms with Crippen LogP contribution in [-0.2, 0) is 0 Å². The van der Waals surface area contributed by atoms with Crippen LogP contribution < -0.4 is 9.80 Å².